The highest BCUT2D eigenvalue weighted by molar-refractivity contribution is 7.10. The molecule has 0 amide bonds. The fourth-order valence-corrected chi connectivity index (χ4v) is 6.20. The van der Waals surface area contributed by atoms with Crippen LogP contribution < -0.4 is 16.1 Å². The van der Waals surface area contributed by atoms with Crippen LogP contribution >= 0.6 is 34.5 Å². The highest BCUT2D eigenvalue weighted by Gasteiger charge is 2.37. The maximum atomic E-state index is 13.6. The number of ketones is 1. The highest BCUT2D eigenvalue weighted by Crippen LogP contribution is 2.44. The molecule has 4 aromatic rings. The van der Waals surface area contributed by atoms with E-state index in [1.807, 2.05) is 35.7 Å². The number of hydrogen-bond donors (Lipinski definition) is 2. The average Bonchev–Trinajstić information content (AvgIpc) is 3.29. The lowest BCUT2D eigenvalue weighted by Crippen LogP contribution is -2.29. The van der Waals surface area contributed by atoms with Gasteiger partial charge in [0.2, 0.25) is 0 Å². The van der Waals surface area contributed by atoms with Crippen molar-refractivity contribution in [2.45, 2.75) is 24.8 Å². The summed E-state index contributed by atoms with van der Waals surface area (Å²) in [7, 11) is 0. The number of nitrogens with one attached hydrogen (secondary N) is 2. The molecule has 2 unspecified atom stereocenters. The Balaban J connectivity index is 1.55. The fourth-order valence-electron chi connectivity index (χ4n) is 4.83. The number of halogens is 2. The second kappa shape index (κ2) is 8.31. The van der Waals surface area contributed by atoms with Gasteiger partial charge in [0, 0.05) is 33.5 Å². The Bertz CT molecular complexity index is 1540. The van der Waals surface area contributed by atoms with Gasteiger partial charge in [-0.05, 0) is 42.1 Å². The van der Waals surface area contributed by atoms with E-state index in [1.54, 1.807) is 17.4 Å². The largest absolute Gasteiger partial charge is 0.462 e. The summed E-state index contributed by atoms with van der Waals surface area (Å²) in [5.74, 6) is 0.0939. The summed E-state index contributed by atoms with van der Waals surface area (Å²) in [6.45, 7) is 0. The molecule has 0 spiro atoms. The van der Waals surface area contributed by atoms with Crippen LogP contribution in [0.2, 0.25) is 10.0 Å². The first-order valence-corrected chi connectivity index (χ1v) is 12.5. The molecule has 1 aliphatic carbocycles. The smallest absolute Gasteiger partial charge is 0.198 e. The van der Waals surface area contributed by atoms with Crippen molar-refractivity contribution in [2.75, 3.05) is 10.6 Å². The predicted molar refractivity (Wildman–Crippen MR) is 137 cm³/mol. The minimum Gasteiger partial charge on any atom is -0.462 e. The predicted octanol–water partition coefficient (Wildman–Crippen LogP) is 7.14. The molecule has 0 fully saturated rings. The van der Waals surface area contributed by atoms with E-state index in [1.165, 1.54) is 17.2 Å². The maximum absolute atomic E-state index is 13.6. The third-order valence-corrected chi connectivity index (χ3v) is 7.92. The summed E-state index contributed by atoms with van der Waals surface area (Å²) in [5.41, 5.74) is 3.36. The first-order chi connectivity index (χ1) is 16.5. The third-order valence-electron chi connectivity index (χ3n) is 6.38. The Morgan fingerprint density at radius 2 is 1.82 bits per heavy atom. The third kappa shape index (κ3) is 3.54. The topological polar surface area (TPSA) is 71.3 Å². The molecule has 2 aromatic heterocycles. The number of para-hydroxylation sites is 2. The van der Waals surface area contributed by atoms with Crippen LogP contribution in [0.3, 0.4) is 0 Å². The molecule has 170 valence electrons. The Labute approximate surface area is 209 Å². The molecule has 5 nitrogen and oxygen atoms in total. The van der Waals surface area contributed by atoms with E-state index in [0.717, 1.165) is 17.1 Å². The van der Waals surface area contributed by atoms with Crippen molar-refractivity contribution in [2.24, 2.45) is 0 Å². The molecule has 0 saturated heterocycles. The van der Waals surface area contributed by atoms with Crippen LogP contribution in [0.15, 0.2) is 80.7 Å². The highest BCUT2D eigenvalue weighted by atomic mass is 35.5. The van der Waals surface area contributed by atoms with Gasteiger partial charge in [-0.2, -0.15) is 0 Å². The minimum absolute atomic E-state index is 0.001000. The number of hydrogen-bond acceptors (Lipinski definition) is 6. The second-order valence-corrected chi connectivity index (χ2v) is 10.3. The van der Waals surface area contributed by atoms with Crippen LogP contribution in [0.4, 0.5) is 11.4 Å². The van der Waals surface area contributed by atoms with Crippen molar-refractivity contribution < 1.29 is 9.21 Å². The molecule has 0 saturated carbocycles. The molecule has 6 rings (SSSR count). The monoisotopic (exact) mass is 508 g/mol. The minimum atomic E-state index is -0.679. The van der Waals surface area contributed by atoms with Gasteiger partial charge in [0.05, 0.1) is 33.4 Å². The van der Waals surface area contributed by atoms with Gasteiger partial charge in [-0.15, -0.1) is 11.3 Å². The zero-order chi connectivity index (χ0) is 23.4. The Kier molecular flexibility index (Phi) is 5.25. The van der Waals surface area contributed by atoms with Crippen molar-refractivity contribution in [3.8, 4) is 0 Å². The van der Waals surface area contributed by atoms with Crippen molar-refractivity contribution in [1.82, 2.24) is 0 Å². The zero-order valence-corrected chi connectivity index (χ0v) is 20.1. The van der Waals surface area contributed by atoms with Crippen LogP contribution in [0, 0.1) is 0 Å². The maximum Gasteiger partial charge on any atom is 0.198 e. The number of allylic oxidation sites excluding steroid dienone is 1. The lowest BCUT2D eigenvalue weighted by atomic mass is 9.81. The number of thiophene rings is 1. The quantitative estimate of drug-likeness (QED) is 0.301. The van der Waals surface area contributed by atoms with Gasteiger partial charge >= 0.3 is 0 Å². The van der Waals surface area contributed by atoms with Crippen molar-refractivity contribution >= 4 is 62.7 Å². The van der Waals surface area contributed by atoms with Crippen LogP contribution in [0.1, 0.15) is 35.2 Å². The first-order valence-electron chi connectivity index (χ1n) is 10.8. The Hall–Kier alpha value is -3.06. The van der Waals surface area contributed by atoms with E-state index in [0.29, 0.717) is 29.0 Å². The summed E-state index contributed by atoms with van der Waals surface area (Å²) in [4.78, 5) is 28.4. The lowest BCUT2D eigenvalue weighted by Gasteiger charge is -2.29. The number of benzene rings is 2. The van der Waals surface area contributed by atoms with E-state index in [9.17, 15) is 9.59 Å². The second-order valence-electron chi connectivity index (χ2n) is 8.47. The summed E-state index contributed by atoms with van der Waals surface area (Å²) in [6.07, 6.45) is 2.45. The number of anilines is 2. The summed E-state index contributed by atoms with van der Waals surface area (Å²) in [5, 5.41) is 9.83. The van der Waals surface area contributed by atoms with E-state index in [2.05, 4.69) is 16.7 Å². The molecule has 2 aromatic carbocycles. The molecule has 2 atom stereocenters. The summed E-state index contributed by atoms with van der Waals surface area (Å²) in [6, 6.07) is 14.2. The van der Waals surface area contributed by atoms with Gasteiger partial charge in [-0.25, -0.2) is 0 Å². The number of Topliss-reactive ketones (excluding diaryl/α,β-unsaturated/α-hetero) is 1. The molecule has 34 heavy (non-hydrogen) atoms. The van der Waals surface area contributed by atoms with E-state index < -0.39 is 6.04 Å². The Morgan fingerprint density at radius 1 is 1.00 bits per heavy atom. The molecular weight excluding hydrogens is 491 g/mol. The molecule has 1 aliphatic heterocycles. The number of fused-ring (bicyclic) bond motifs is 2. The molecule has 2 N–H and O–H groups in total. The fraction of sp³-hybridized carbons (Fsp3) is 0.154. The standard InChI is InChI=1S/C26H18Cl2N2O3S/c27-14-10-15-25(32)16(12-33-26(15)17(28)11-14)24-23-20(29-18-4-1-2-5-19(18)30-24)8-13(9-21(23)31)22-6-3-7-34-22/h1-7,10-13,24,29-30H,8-9H2. The van der Waals surface area contributed by atoms with Gasteiger partial charge < -0.3 is 15.1 Å². The van der Waals surface area contributed by atoms with Crippen LogP contribution in [0.25, 0.3) is 11.0 Å². The van der Waals surface area contributed by atoms with E-state index in [-0.39, 0.29) is 33.1 Å². The van der Waals surface area contributed by atoms with E-state index >= 15 is 0 Å². The normalized spacial score (nSPS) is 19.8. The van der Waals surface area contributed by atoms with Gasteiger partial charge in [-0.3, -0.25) is 9.59 Å². The van der Waals surface area contributed by atoms with Gasteiger partial charge in [0.1, 0.15) is 6.26 Å². The van der Waals surface area contributed by atoms with Gasteiger partial charge in [-0.1, -0.05) is 41.4 Å². The van der Waals surface area contributed by atoms with Crippen molar-refractivity contribution in [3.63, 3.8) is 0 Å². The number of rotatable bonds is 2. The molecule has 0 radical (unpaired) electrons. The number of carbonyl (C=O) groups is 1. The zero-order valence-electron chi connectivity index (χ0n) is 17.7. The molecule has 2 aliphatic rings. The molecular formula is C26H18Cl2N2O3S. The molecule has 3 heterocycles. The molecule has 0 bridgehead atoms. The van der Waals surface area contributed by atoms with Crippen LogP contribution in [-0.4, -0.2) is 5.78 Å². The van der Waals surface area contributed by atoms with Gasteiger partial charge in [0.25, 0.3) is 0 Å². The average molecular weight is 509 g/mol. The van der Waals surface area contributed by atoms with E-state index in [4.69, 9.17) is 27.6 Å². The van der Waals surface area contributed by atoms with Crippen LogP contribution in [0.5, 0.6) is 0 Å². The summed E-state index contributed by atoms with van der Waals surface area (Å²) >= 11 is 14.1. The molecule has 8 heteroatoms. The van der Waals surface area contributed by atoms with Crippen LogP contribution in [-0.2, 0) is 4.79 Å². The SMILES string of the molecule is O=C1CC(c2cccs2)CC2=C1C(c1coc3c(Cl)cc(Cl)cc3c1=O)Nc1ccccc1N2. The lowest BCUT2D eigenvalue weighted by molar-refractivity contribution is -0.116. The summed E-state index contributed by atoms with van der Waals surface area (Å²) < 4.78 is 5.80. The van der Waals surface area contributed by atoms with Crippen molar-refractivity contribution in [1.29, 1.82) is 0 Å². The van der Waals surface area contributed by atoms with Gasteiger partial charge in [0.15, 0.2) is 16.8 Å². The Morgan fingerprint density at radius 3 is 2.62 bits per heavy atom. The van der Waals surface area contributed by atoms with Crippen molar-refractivity contribution in [3.05, 3.63) is 102 Å². The number of carbonyl (C=O) groups excluding carboxylic acids is 1. The first kappa shape index (κ1) is 21.5.